The van der Waals surface area contributed by atoms with E-state index in [0.29, 0.717) is 12.2 Å². The lowest BCUT2D eigenvalue weighted by molar-refractivity contribution is -0.385. The minimum Gasteiger partial charge on any atom is -0.493 e. The number of hydrogen-bond acceptors (Lipinski definition) is 7. The molecule has 0 bridgehead atoms. The van der Waals surface area contributed by atoms with Gasteiger partial charge in [-0.2, -0.15) is 5.10 Å². The number of ether oxygens (including phenoxy) is 2. The van der Waals surface area contributed by atoms with Gasteiger partial charge in [-0.15, -0.1) is 10.2 Å². The molecular weight excluding hydrogens is 278 g/mol. The van der Waals surface area contributed by atoms with Crippen molar-refractivity contribution in [1.29, 1.82) is 0 Å². The summed E-state index contributed by atoms with van der Waals surface area (Å²) in [6.45, 7) is 2.04. The van der Waals surface area contributed by atoms with Crippen molar-refractivity contribution in [3.8, 4) is 11.5 Å². The average Bonchev–Trinajstić information content (AvgIpc) is 2.99. The van der Waals surface area contributed by atoms with Crippen molar-refractivity contribution in [2.45, 2.75) is 6.92 Å². The minimum atomic E-state index is -0.524. The van der Waals surface area contributed by atoms with Crippen LogP contribution in [0.15, 0.2) is 29.9 Å². The second-order valence-electron chi connectivity index (χ2n) is 3.85. The van der Waals surface area contributed by atoms with Crippen LogP contribution in [0, 0.1) is 10.1 Å². The highest BCUT2D eigenvalue weighted by Crippen LogP contribution is 2.37. The van der Waals surface area contributed by atoms with E-state index in [1.165, 1.54) is 36.7 Å². The number of benzene rings is 1. The first kappa shape index (κ1) is 14.4. The van der Waals surface area contributed by atoms with E-state index in [-0.39, 0.29) is 17.2 Å². The Labute approximate surface area is 120 Å². The number of hydrogen-bond donors (Lipinski definition) is 0. The molecule has 1 heterocycles. The third kappa shape index (κ3) is 3.32. The van der Waals surface area contributed by atoms with Crippen LogP contribution in [0.3, 0.4) is 0 Å². The molecule has 1 aromatic heterocycles. The Balaban J connectivity index is 2.43. The minimum absolute atomic E-state index is 0.103. The van der Waals surface area contributed by atoms with Gasteiger partial charge in [-0.05, 0) is 13.0 Å². The van der Waals surface area contributed by atoms with Crippen molar-refractivity contribution in [3.05, 3.63) is 40.5 Å². The summed E-state index contributed by atoms with van der Waals surface area (Å²) in [6.07, 6.45) is 4.24. The Morgan fingerprint density at radius 3 is 2.71 bits per heavy atom. The molecule has 2 rings (SSSR count). The fraction of sp³-hybridized carbons (Fsp3) is 0.250. The molecule has 0 N–H and O–H groups in total. The summed E-state index contributed by atoms with van der Waals surface area (Å²) in [5.41, 5.74) is 0.317. The maximum Gasteiger partial charge on any atom is 0.315 e. The average molecular weight is 291 g/mol. The second kappa shape index (κ2) is 6.46. The van der Waals surface area contributed by atoms with Crippen LogP contribution < -0.4 is 9.47 Å². The van der Waals surface area contributed by atoms with Crippen LogP contribution >= 0.6 is 0 Å². The number of methoxy groups -OCH3 is 1. The van der Waals surface area contributed by atoms with E-state index in [2.05, 4.69) is 15.3 Å². The second-order valence-corrected chi connectivity index (χ2v) is 3.85. The van der Waals surface area contributed by atoms with Gasteiger partial charge in [-0.3, -0.25) is 10.1 Å². The number of aromatic nitrogens is 3. The normalized spacial score (nSPS) is 10.8. The van der Waals surface area contributed by atoms with Crippen LogP contribution in [0.4, 0.5) is 5.69 Å². The monoisotopic (exact) mass is 291 g/mol. The van der Waals surface area contributed by atoms with Gasteiger partial charge in [0.15, 0.2) is 5.75 Å². The van der Waals surface area contributed by atoms with E-state index in [0.717, 1.165) is 0 Å². The summed E-state index contributed by atoms with van der Waals surface area (Å²) in [5.74, 6) is 0.378. The van der Waals surface area contributed by atoms with Gasteiger partial charge in [0.2, 0.25) is 5.75 Å². The molecule has 21 heavy (non-hydrogen) atoms. The number of nitrogens with zero attached hydrogens (tertiary/aromatic N) is 5. The molecule has 0 amide bonds. The quantitative estimate of drug-likeness (QED) is 0.453. The van der Waals surface area contributed by atoms with Gasteiger partial charge in [0.05, 0.1) is 24.9 Å². The first-order valence-corrected chi connectivity index (χ1v) is 6.04. The van der Waals surface area contributed by atoms with Crippen molar-refractivity contribution in [2.24, 2.45) is 5.10 Å². The predicted octanol–water partition coefficient (Wildman–Crippen LogP) is 1.48. The Kier molecular flexibility index (Phi) is 4.44. The zero-order valence-corrected chi connectivity index (χ0v) is 11.5. The highest BCUT2D eigenvalue weighted by Gasteiger charge is 2.21. The summed E-state index contributed by atoms with van der Waals surface area (Å²) >= 11 is 0. The molecule has 110 valence electrons. The molecule has 0 radical (unpaired) electrons. The largest absolute Gasteiger partial charge is 0.493 e. The highest BCUT2D eigenvalue weighted by molar-refractivity contribution is 5.83. The molecule has 0 aliphatic carbocycles. The van der Waals surface area contributed by atoms with Crippen molar-refractivity contribution < 1.29 is 14.4 Å². The molecule has 0 spiro atoms. The predicted molar refractivity (Wildman–Crippen MR) is 73.8 cm³/mol. The fourth-order valence-corrected chi connectivity index (χ4v) is 1.65. The molecule has 0 aliphatic rings. The lowest BCUT2D eigenvalue weighted by Gasteiger charge is -2.10. The van der Waals surface area contributed by atoms with Crippen LogP contribution in [0.1, 0.15) is 12.5 Å². The summed E-state index contributed by atoms with van der Waals surface area (Å²) in [6, 6.07) is 2.97. The van der Waals surface area contributed by atoms with Gasteiger partial charge in [0.1, 0.15) is 12.7 Å². The molecule has 0 saturated heterocycles. The highest BCUT2D eigenvalue weighted by atomic mass is 16.6. The summed E-state index contributed by atoms with van der Waals surface area (Å²) in [4.78, 5) is 10.6. The van der Waals surface area contributed by atoms with Crippen LogP contribution in [0.25, 0.3) is 0 Å². The Hall–Kier alpha value is -2.97. The van der Waals surface area contributed by atoms with Crippen LogP contribution in [-0.4, -0.2) is 39.7 Å². The van der Waals surface area contributed by atoms with E-state index >= 15 is 0 Å². The Morgan fingerprint density at radius 2 is 2.14 bits per heavy atom. The Bertz CT molecular complexity index is 654. The maximum atomic E-state index is 11.2. The van der Waals surface area contributed by atoms with Gasteiger partial charge in [0, 0.05) is 11.6 Å². The summed E-state index contributed by atoms with van der Waals surface area (Å²) in [5, 5.41) is 22.4. The number of nitro groups is 1. The molecule has 0 saturated carbocycles. The van der Waals surface area contributed by atoms with Crippen LogP contribution in [-0.2, 0) is 0 Å². The third-order valence-corrected chi connectivity index (χ3v) is 2.51. The number of nitro benzene ring substituents is 1. The van der Waals surface area contributed by atoms with Crippen molar-refractivity contribution in [2.75, 3.05) is 13.7 Å². The van der Waals surface area contributed by atoms with Gasteiger partial charge in [0.25, 0.3) is 0 Å². The van der Waals surface area contributed by atoms with Crippen molar-refractivity contribution >= 4 is 11.9 Å². The first-order chi connectivity index (χ1) is 10.2. The van der Waals surface area contributed by atoms with Crippen molar-refractivity contribution in [3.63, 3.8) is 0 Å². The lowest BCUT2D eigenvalue weighted by Crippen LogP contribution is -2.02. The molecule has 0 unspecified atom stereocenters. The molecule has 0 atom stereocenters. The lowest BCUT2D eigenvalue weighted by atomic mass is 10.2. The van der Waals surface area contributed by atoms with Crippen LogP contribution in [0.2, 0.25) is 0 Å². The zero-order chi connectivity index (χ0) is 15.2. The SMILES string of the molecule is CCOc1c(OC)cc(/C=N\n2cnnc2)cc1[N+](=O)[O-]. The van der Waals surface area contributed by atoms with Gasteiger partial charge < -0.3 is 9.47 Å². The molecule has 2 aromatic rings. The fourth-order valence-electron chi connectivity index (χ4n) is 1.65. The van der Waals surface area contributed by atoms with E-state index in [1.807, 2.05) is 0 Å². The van der Waals surface area contributed by atoms with Crippen LogP contribution in [0.5, 0.6) is 11.5 Å². The molecule has 9 nitrogen and oxygen atoms in total. The standard InChI is InChI=1S/C12H13N5O4/c1-3-21-12-10(17(18)19)4-9(5-11(12)20-2)6-15-16-7-13-14-8-16/h4-8H,3H2,1-2H3/b15-6-. The molecule has 9 heteroatoms. The topological polar surface area (TPSA) is 105 Å². The van der Waals surface area contributed by atoms with E-state index in [4.69, 9.17) is 9.47 Å². The van der Waals surface area contributed by atoms with Gasteiger partial charge in [-0.25, -0.2) is 4.68 Å². The smallest absolute Gasteiger partial charge is 0.315 e. The van der Waals surface area contributed by atoms with Crippen molar-refractivity contribution in [1.82, 2.24) is 14.9 Å². The van der Waals surface area contributed by atoms with E-state index in [1.54, 1.807) is 13.0 Å². The summed E-state index contributed by atoms with van der Waals surface area (Å²) in [7, 11) is 1.42. The van der Waals surface area contributed by atoms with E-state index in [9.17, 15) is 10.1 Å². The molecular formula is C12H13N5O4. The third-order valence-electron chi connectivity index (χ3n) is 2.51. The molecule has 1 aromatic carbocycles. The number of rotatable bonds is 6. The summed E-state index contributed by atoms with van der Waals surface area (Å²) < 4.78 is 11.8. The Morgan fingerprint density at radius 1 is 1.43 bits per heavy atom. The van der Waals surface area contributed by atoms with Gasteiger partial charge in [-0.1, -0.05) is 0 Å². The van der Waals surface area contributed by atoms with E-state index < -0.39 is 4.92 Å². The van der Waals surface area contributed by atoms with Gasteiger partial charge >= 0.3 is 5.69 Å². The first-order valence-electron chi connectivity index (χ1n) is 6.04. The maximum absolute atomic E-state index is 11.2. The molecule has 0 fully saturated rings. The zero-order valence-electron chi connectivity index (χ0n) is 11.5. The molecule has 0 aliphatic heterocycles.